The highest BCUT2D eigenvalue weighted by Crippen LogP contribution is 2.09. The van der Waals surface area contributed by atoms with Crippen LogP contribution in [0.15, 0.2) is 24.3 Å². The molecule has 0 amide bonds. The van der Waals surface area contributed by atoms with Crippen LogP contribution >= 0.6 is 21.0 Å². The summed E-state index contributed by atoms with van der Waals surface area (Å²) in [5.41, 5.74) is 2.85. The summed E-state index contributed by atoms with van der Waals surface area (Å²) in [6.45, 7) is 0. The van der Waals surface area contributed by atoms with Gasteiger partial charge in [-0.25, -0.2) is 0 Å². The Morgan fingerprint density at radius 2 is 1.75 bits per heavy atom. The average Bonchev–Trinajstić information content (AvgIpc) is 2.15. The minimum absolute atomic E-state index is 1.06. The van der Waals surface area contributed by atoms with Crippen LogP contribution in [0.25, 0.3) is 0 Å². The Balaban J connectivity index is 2.53. The molecule has 1 aromatic rings. The van der Waals surface area contributed by atoms with Crippen molar-refractivity contribution < 1.29 is 0 Å². The molecule has 1 aromatic carbocycles. The van der Waals surface area contributed by atoms with Crippen LogP contribution in [0.3, 0.4) is 0 Å². The lowest BCUT2D eigenvalue weighted by molar-refractivity contribution is 1.15. The molecule has 0 saturated carbocycles. The summed E-state index contributed by atoms with van der Waals surface area (Å²) >= 11 is 1.90. The van der Waals surface area contributed by atoms with Gasteiger partial charge < -0.3 is 0 Å². The van der Waals surface area contributed by atoms with Crippen LogP contribution in [0.2, 0.25) is 0 Å². The molecule has 0 saturated heterocycles. The number of hydrogen-bond donors (Lipinski definition) is 0. The van der Waals surface area contributed by atoms with Crippen molar-refractivity contribution in [2.75, 3.05) is 12.0 Å². The highest BCUT2D eigenvalue weighted by molar-refractivity contribution is 7.98. The highest BCUT2D eigenvalue weighted by atomic mass is 32.2. The van der Waals surface area contributed by atoms with E-state index in [1.807, 2.05) is 11.8 Å². The Kier molecular flexibility index (Phi) is 4.72. The fraction of sp³-hybridized carbons (Fsp3) is 0.400. The second kappa shape index (κ2) is 5.61. The normalized spacial score (nSPS) is 10.2. The molecule has 0 aliphatic carbocycles. The molecule has 0 heterocycles. The van der Waals surface area contributed by atoms with Crippen LogP contribution in [0, 0.1) is 0 Å². The topological polar surface area (TPSA) is 0 Å². The summed E-state index contributed by atoms with van der Waals surface area (Å²) < 4.78 is 0. The maximum Gasteiger partial charge on any atom is -0.00298 e. The Morgan fingerprint density at radius 3 is 2.25 bits per heavy atom. The fourth-order valence-corrected chi connectivity index (χ4v) is 1.77. The van der Waals surface area contributed by atoms with E-state index >= 15 is 0 Å². The van der Waals surface area contributed by atoms with Gasteiger partial charge in [0.1, 0.15) is 0 Å². The molecule has 2 heteroatoms. The molecule has 0 spiro atoms. The average molecular weight is 198 g/mol. The Hall–Kier alpha value is -0.0000000000000000555. The van der Waals surface area contributed by atoms with Gasteiger partial charge in [0, 0.05) is 0 Å². The smallest absolute Gasteiger partial charge is 0.00298 e. The third kappa shape index (κ3) is 3.16. The Labute approximate surface area is 81.3 Å². The van der Waals surface area contributed by atoms with E-state index in [4.69, 9.17) is 0 Å². The van der Waals surface area contributed by atoms with Crippen molar-refractivity contribution in [2.45, 2.75) is 12.6 Å². The molecule has 12 heavy (non-hydrogen) atoms. The predicted octanol–water partition coefficient (Wildman–Crippen LogP) is 2.97. The van der Waals surface area contributed by atoms with E-state index in [1.54, 1.807) is 0 Å². The summed E-state index contributed by atoms with van der Waals surface area (Å²) in [6.07, 6.45) is 4.40. The summed E-state index contributed by atoms with van der Waals surface area (Å²) in [5.74, 6) is 1.22. The maximum absolute atomic E-state index is 2.74. The number of benzene rings is 1. The lowest BCUT2D eigenvalue weighted by atomic mass is 10.1. The first-order chi connectivity index (χ1) is 5.86. The first-order valence-electron chi connectivity index (χ1n) is 4.13. The molecule has 0 aliphatic rings. The molecule has 0 radical (unpaired) electrons. The summed E-state index contributed by atoms with van der Waals surface area (Å²) in [7, 11) is 2.74. The lowest BCUT2D eigenvalue weighted by Gasteiger charge is -2.00. The summed E-state index contributed by atoms with van der Waals surface area (Å²) in [6, 6.07) is 8.89. The monoisotopic (exact) mass is 198 g/mol. The van der Waals surface area contributed by atoms with E-state index in [0.29, 0.717) is 0 Å². The van der Waals surface area contributed by atoms with Gasteiger partial charge in [-0.05, 0) is 35.7 Å². The van der Waals surface area contributed by atoms with Crippen LogP contribution in [-0.2, 0) is 12.6 Å². The largest absolute Gasteiger partial charge is 0.165 e. The molecule has 0 N–H and O–H groups in total. The molecule has 1 atom stereocenters. The Morgan fingerprint density at radius 1 is 1.17 bits per heavy atom. The van der Waals surface area contributed by atoms with Crippen LogP contribution in [0.5, 0.6) is 0 Å². The second-order valence-electron chi connectivity index (χ2n) is 2.76. The molecule has 0 bridgehead atoms. The van der Waals surface area contributed by atoms with Crippen molar-refractivity contribution in [2.24, 2.45) is 0 Å². The number of thioether (sulfide) groups is 1. The van der Waals surface area contributed by atoms with Crippen LogP contribution in [0.1, 0.15) is 11.1 Å². The third-order valence-corrected chi connectivity index (χ3v) is 2.94. The van der Waals surface area contributed by atoms with Gasteiger partial charge in [-0.15, -0.1) is 9.24 Å². The lowest BCUT2D eigenvalue weighted by Crippen LogP contribution is -1.87. The Bertz CT molecular complexity index is 218. The molecular weight excluding hydrogens is 183 g/mol. The van der Waals surface area contributed by atoms with Gasteiger partial charge in [0.2, 0.25) is 0 Å². The van der Waals surface area contributed by atoms with Crippen molar-refractivity contribution in [1.29, 1.82) is 0 Å². The molecule has 0 fully saturated rings. The molecule has 1 unspecified atom stereocenters. The van der Waals surface area contributed by atoms with Crippen molar-refractivity contribution in [3.8, 4) is 0 Å². The van der Waals surface area contributed by atoms with E-state index < -0.39 is 0 Å². The predicted molar refractivity (Wildman–Crippen MR) is 61.9 cm³/mol. The van der Waals surface area contributed by atoms with Gasteiger partial charge in [-0.3, -0.25) is 0 Å². The van der Waals surface area contributed by atoms with E-state index in [1.165, 1.54) is 23.3 Å². The van der Waals surface area contributed by atoms with Gasteiger partial charge in [0.05, 0.1) is 0 Å². The van der Waals surface area contributed by atoms with E-state index in [2.05, 4.69) is 39.8 Å². The van der Waals surface area contributed by atoms with E-state index in [9.17, 15) is 0 Å². The third-order valence-electron chi connectivity index (χ3n) is 1.85. The van der Waals surface area contributed by atoms with E-state index in [-0.39, 0.29) is 0 Å². The van der Waals surface area contributed by atoms with Crippen molar-refractivity contribution >= 4 is 21.0 Å². The van der Waals surface area contributed by atoms with Crippen molar-refractivity contribution in [3.05, 3.63) is 35.4 Å². The maximum atomic E-state index is 2.74. The second-order valence-corrected chi connectivity index (χ2v) is 4.16. The van der Waals surface area contributed by atoms with Crippen LogP contribution in [0.4, 0.5) is 0 Å². The molecule has 0 aliphatic heterocycles. The zero-order valence-electron chi connectivity index (χ0n) is 7.42. The quantitative estimate of drug-likeness (QED) is 0.670. The zero-order valence-corrected chi connectivity index (χ0v) is 9.39. The first-order valence-corrected chi connectivity index (χ1v) is 6.34. The number of rotatable bonds is 4. The van der Waals surface area contributed by atoms with Crippen LogP contribution < -0.4 is 0 Å². The minimum atomic E-state index is 1.06. The summed E-state index contributed by atoms with van der Waals surface area (Å²) in [5, 5.41) is 0. The highest BCUT2D eigenvalue weighted by Gasteiger charge is 1.92. The molecular formula is C10H15PS. The van der Waals surface area contributed by atoms with Crippen molar-refractivity contribution in [3.63, 3.8) is 0 Å². The first kappa shape index (κ1) is 10.1. The van der Waals surface area contributed by atoms with E-state index in [0.717, 1.165) is 6.16 Å². The van der Waals surface area contributed by atoms with Gasteiger partial charge >= 0.3 is 0 Å². The summed E-state index contributed by atoms with van der Waals surface area (Å²) in [4.78, 5) is 0. The van der Waals surface area contributed by atoms with Crippen LogP contribution in [-0.4, -0.2) is 12.0 Å². The number of hydrogen-bond acceptors (Lipinski definition) is 1. The SMILES string of the molecule is CSCCc1ccc(CP)cc1. The van der Waals surface area contributed by atoms with Gasteiger partial charge in [-0.1, -0.05) is 24.3 Å². The minimum Gasteiger partial charge on any atom is -0.165 e. The van der Waals surface area contributed by atoms with Crippen molar-refractivity contribution in [1.82, 2.24) is 0 Å². The molecule has 66 valence electrons. The molecule has 0 aromatic heterocycles. The molecule has 1 rings (SSSR count). The zero-order chi connectivity index (χ0) is 8.81. The standard InChI is InChI=1S/C10H15PS/c1-12-7-6-9-2-4-10(8-11)5-3-9/h2-5H,6-8,11H2,1H3. The molecule has 0 nitrogen and oxygen atoms in total. The van der Waals surface area contributed by atoms with Gasteiger partial charge in [-0.2, -0.15) is 11.8 Å². The van der Waals surface area contributed by atoms with Gasteiger partial charge in [0.25, 0.3) is 0 Å². The van der Waals surface area contributed by atoms with Gasteiger partial charge in [0.15, 0.2) is 0 Å². The fourth-order valence-electron chi connectivity index (χ4n) is 1.06. The number of aryl methyl sites for hydroxylation is 1.